The van der Waals surface area contributed by atoms with Crippen LogP contribution in [0.25, 0.3) is 0 Å². The van der Waals surface area contributed by atoms with Gasteiger partial charge in [0, 0.05) is 6.54 Å². The average Bonchev–Trinajstić information content (AvgIpc) is 2.03. The van der Waals surface area contributed by atoms with Gasteiger partial charge in [0.25, 0.3) is 0 Å². The average molecular weight is 283 g/mol. The minimum Gasteiger partial charge on any atom is -0.355 e. The number of alkyl halides is 1. The first-order chi connectivity index (χ1) is 5.68. The number of nitrogens with one attached hydrogen (secondary N) is 1. The molecule has 0 aromatic heterocycles. The van der Waals surface area contributed by atoms with Crippen LogP contribution in [-0.2, 0) is 4.79 Å². The summed E-state index contributed by atoms with van der Waals surface area (Å²) in [5.41, 5.74) is 0. The molecule has 1 unspecified atom stereocenters. The molecule has 3 heteroatoms. The van der Waals surface area contributed by atoms with Gasteiger partial charge in [0.05, 0.1) is 3.92 Å². The molecule has 1 atom stereocenters. The normalized spacial score (nSPS) is 12.6. The Bertz CT molecular complexity index is 126. The highest BCUT2D eigenvalue weighted by Gasteiger charge is 2.05. The lowest BCUT2D eigenvalue weighted by molar-refractivity contribution is -0.119. The predicted octanol–water partition coefficient (Wildman–Crippen LogP) is 2.51. The van der Waals surface area contributed by atoms with Crippen molar-refractivity contribution >= 4 is 28.5 Å². The van der Waals surface area contributed by atoms with Gasteiger partial charge in [-0.3, -0.25) is 4.79 Å². The van der Waals surface area contributed by atoms with E-state index >= 15 is 0 Å². The molecular formula is C9H18INO. The highest BCUT2D eigenvalue weighted by Crippen LogP contribution is 1.99. The summed E-state index contributed by atoms with van der Waals surface area (Å²) >= 11 is 2.12. The monoisotopic (exact) mass is 283 g/mol. The van der Waals surface area contributed by atoms with Crippen LogP contribution in [0.4, 0.5) is 0 Å². The smallest absolute Gasteiger partial charge is 0.232 e. The Balaban J connectivity index is 3.14. The first-order valence-electron chi connectivity index (χ1n) is 4.60. The lowest BCUT2D eigenvalue weighted by Gasteiger charge is -2.05. The molecule has 0 heterocycles. The van der Waals surface area contributed by atoms with E-state index in [9.17, 15) is 4.79 Å². The van der Waals surface area contributed by atoms with Crippen LogP contribution in [0.3, 0.4) is 0 Å². The van der Waals surface area contributed by atoms with Gasteiger partial charge < -0.3 is 5.32 Å². The Labute approximate surface area is 88.6 Å². The molecule has 0 saturated carbocycles. The third-order valence-corrected chi connectivity index (χ3v) is 2.26. The standard InChI is InChI=1S/C9H18INO/c1-3-4-5-6-7-11-9(12)8(2)10/h8H,3-7H2,1-2H3,(H,11,12). The van der Waals surface area contributed by atoms with Crippen LogP contribution in [0.5, 0.6) is 0 Å². The summed E-state index contributed by atoms with van der Waals surface area (Å²) in [5, 5.41) is 2.89. The molecule has 0 saturated heterocycles. The summed E-state index contributed by atoms with van der Waals surface area (Å²) in [5.74, 6) is 0.159. The van der Waals surface area contributed by atoms with E-state index in [0.717, 1.165) is 13.0 Å². The van der Waals surface area contributed by atoms with Crippen LogP contribution < -0.4 is 5.32 Å². The molecule has 0 aliphatic rings. The minimum atomic E-state index is 0.0915. The zero-order valence-corrected chi connectivity index (χ0v) is 10.1. The van der Waals surface area contributed by atoms with E-state index in [1.165, 1.54) is 19.3 Å². The van der Waals surface area contributed by atoms with Gasteiger partial charge in [-0.2, -0.15) is 0 Å². The molecule has 0 aliphatic heterocycles. The zero-order chi connectivity index (χ0) is 9.40. The van der Waals surface area contributed by atoms with Gasteiger partial charge >= 0.3 is 0 Å². The first-order valence-corrected chi connectivity index (χ1v) is 5.84. The van der Waals surface area contributed by atoms with E-state index in [0.29, 0.717) is 0 Å². The summed E-state index contributed by atoms with van der Waals surface area (Å²) in [4.78, 5) is 11.1. The van der Waals surface area contributed by atoms with Crippen molar-refractivity contribution < 1.29 is 4.79 Å². The molecule has 0 aromatic rings. The number of amides is 1. The molecule has 0 aliphatic carbocycles. The highest BCUT2D eigenvalue weighted by atomic mass is 127. The van der Waals surface area contributed by atoms with E-state index < -0.39 is 0 Å². The molecule has 0 radical (unpaired) electrons. The quantitative estimate of drug-likeness (QED) is 0.453. The van der Waals surface area contributed by atoms with Crippen LogP contribution in [0, 0.1) is 0 Å². The predicted molar refractivity (Wildman–Crippen MR) is 60.6 cm³/mol. The lowest BCUT2D eigenvalue weighted by atomic mass is 10.2. The molecule has 72 valence electrons. The van der Waals surface area contributed by atoms with Gasteiger partial charge in [-0.1, -0.05) is 48.8 Å². The van der Waals surface area contributed by atoms with Crippen molar-refractivity contribution in [1.29, 1.82) is 0 Å². The largest absolute Gasteiger partial charge is 0.355 e. The minimum absolute atomic E-state index is 0.0915. The summed E-state index contributed by atoms with van der Waals surface area (Å²) in [6, 6.07) is 0. The van der Waals surface area contributed by atoms with E-state index in [2.05, 4.69) is 34.8 Å². The number of carbonyl (C=O) groups excluding carboxylic acids is 1. The second-order valence-corrected chi connectivity index (χ2v) is 4.84. The third kappa shape index (κ3) is 6.88. The van der Waals surface area contributed by atoms with E-state index in [1.54, 1.807) is 0 Å². The van der Waals surface area contributed by atoms with Crippen molar-refractivity contribution in [2.75, 3.05) is 6.54 Å². The van der Waals surface area contributed by atoms with Gasteiger partial charge in [0.1, 0.15) is 0 Å². The summed E-state index contributed by atoms with van der Waals surface area (Å²) in [6.07, 6.45) is 4.86. The maximum atomic E-state index is 11.1. The van der Waals surface area contributed by atoms with E-state index in [-0.39, 0.29) is 9.83 Å². The van der Waals surface area contributed by atoms with Crippen molar-refractivity contribution in [2.45, 2.75) is 43.5 Å². The van der Waals surface area contributed by atoms with Crippen molar-refractivity contribution in [2.24, 2.45) is 0 Å². The molecular weight excluding hydrogens is 265 g/mol. The van der Waals surface area contributed by atoms with Crippen LogP contribution in [-0.4, -0.2) is 16.4 Å². The molecule has 0 fully saturated rings. The third-order valence-electron chi connectivity index (χ3n) is 1.69. The second kappa shape index (κ2) is 7.83. The van der Waals surface area contributed by atoms with E-state index in [1.807, 2.05) is 6.92 Å². The maximum absolute atomic E-state index is 11.1. The first kappa shape index (κ1) is 12.2. The van der Waals surface area contributed by atoms with E-state index in [4.69, 9.17) is 0 Å². The van der Waals surface area contributed by atoms with Gasteiger partial charge in [0.2, 0.25) is 5.91 Å². The fraction of sp³-hybridized carbons (Fsp3) is 0.889. The zero-order valence-electron chi connectivity index (χ0n) is 7.90. The highest BCUT2D eigenvalue weighted by molar-refractivity contribution is 14.1. The van der Waals surface area contributed by atoms with Crippen molar-refractivity contribution in [3.8, 4) is 0 Å². The van der Waals surface area contributed by atoms with Gasteiger partial charge in [-0.05, 0) is 13.3 Å². The number of rotatable bonds is 6. The molecule has 12 heavy (non-hydrogen) atoms. The Morgan fingerprint density at radius 3 is 2.58 bits per heavy atom. The van der Waals surface area contributed by atoms with Gasteiger partial charge in [-0.15, -0.1) is 0 Å². The summed E-state index contributed by atoms with van der Waals surface area (Å²) < 4.78 is 0.0915. The number of hydrogen-bond donors (Lipinski definition) is 1. The van der Waals surface area contributed by atoms with Crippen molar-refractivity contribution in [3.63, 3.8) is 0 Å². The molecule has 2 nitrogen and oxygen atoms in total. The maximum Gasteiger partial charge on any atom is 0.232 e. The Hall–Kier alpha value is 0.200. The van der Waals surface area contributed by atoms with Gasteiger partial charge in [0.15, 0.2) is 0 Å². The fourth-order valence-corrected chi connectivity index (χ4v) is 1.12. The molecule has 0 bridgehead atoms. The summed E-state index contributed by atoms with van der Waals surface area (Å²) in [6.45, 7) is 4.93. The number of carbonyl (C=O) groups is 1. The van der Waals surface area contributed by atoms with Crippen LogP contribution in [0.15, 0.2) is 0 Å². The number of hydrogen-bond acceptors (Lipinski definition) is 1. The number of unbranched alkanes of at least 4 members (excludes halogenated alkanes) is 3. The van der Waals surface area contributed by atoms with Gasteiger partial charge in [-0.25, -0.2) is 0 Å². The topological polar surface area (TPSA) is 29.1 Å². The number of halogens is 1. The summed E-state index contributed by atoms with van der Waals surface area (Å²) in [7, 11) is 0. The molecule has 1 amide bonds. The molecule has 1 N–H and O–H groups in total. The lowest BCUT2D eigenvalue weighted by Crippen LogP contribution is -2.29. The van der Waals surface area contributed by atoms with Crippen molar-refractivity contribution in [3.05, 3.63) is 0 Å². The van der Waals surface area contributed by atoms with Crippen LogP contribution in [0.2, 0.25) is 0 Å². The molecule has 0 aromatic carbocycles. The Kier molecular flexibility index (Phi) is 7.96. The fourth-order valence-electron chi connectivity index (χ4n) is 0.904. The second-order valence-electron chi connectivity index (χ2n) is 2.97. The van der Waals surface area contributed by atoms with Crippen molar-refractivity contribution in [1.82, 2.24) is 5.32 Å². The Morgan fingerprint density at radius 1 is 1.42 bits per heavy atom. The molecule has 0 spiro atoms. The van der Waals surface area contributed by atoms with Crippen LogP contribution >= 0.6 is 22.6 Å². The SMILES string of the molecule is CCCCCCNC(=O)C(C)I. The van der Waals surface area contributed by atoms with Crippen LogP contribution in [0.1, 0.15) is 39.5 Å². The Morgan fingerprint density at radius 2 is 2.08 bits per heavy atom. The molecule has 0 rings (SSSR count).